The number of hydrogen-bond donors (Lipinski definition) is 1. The van der Waals surface area contributed by atoms with E-state index < -0.39 is 0 Å². The molecule has 1 saturated heterocycles. The van der Waals surface area contributed by atoms with Crippen molar-refractivity contribution in [1.29, 1.82) is 0 Å². The van der Waals surface area contributed by atoms with Gasteiger partial charge in [-0.25, -0.2) is 0 Å². The Morgan fingerprint density at radius 1 is 1.25 bits per heavy atom. The second-order valence-corrected chi connectivity index (χ2v) is 3.42. The van der Waals surface area contributed by atoms with Crippen LogP contribution in [0.25, 0.3) is 0 Å². The van der Waals surface area contributed by atoms with E-state index in [2.05, 4.69) is 0 Å². The van der Waals surface area contributed by atoms with Crippen LogP contribution in [0.2, 0.25) is 0 Å². The maximum atomic E-state index is 9.08. The van der Waals surface area contributed by atoms with Crippen LogP contribution in [-0.2, 0) is 0 Å². The highest BCUT2D eigenvalue weighted by atomic mass is 32.2. The summed E-state index contributed by atoms with van der Waals surface area (Å²) in [5.41, 5.74) is 0. The van der Waals surface area contributed by atoms with Crippen molar-refractivity contribution in [2.45, 2.75) is 25.4 Å². The second kappa shape index (κ2) is 3.36. The van der Waals surface area contributed by atoms with Crippen molar-refractivity contribution in [3.8, 4) is 0 Å². The summed E-state index contributed by atoms with van der Waals surface area (Å²) in [5, 5.41) is 9.08. The fourth-order valence-electron chi connectivity index (χ4n) is 0.887. The largest absolute Gasteiger partial charge is 0.393 e. The van der Waals surface area contributed by atoms with Crippen LogP contribution < -0.4 is 0 Å². The lowest BCUT2D eigenvalue weighted by atomic mass is 10.2. The van der Waals surface area contributed by atoms with Gasteiger partial charge in [0.15, 0.2) is 0 Å². The number of thioether (sulfide) groups is 1. The van der Waals surface area contributed by atoms with E-state index in [9.17, 15) is 0 Å². The molecule has 0 saturated carbocycles. The monoisotopic (exact) mass is 132 g/mol. The van der Waals surface area contributed by atoms with Crippen LogP contribution in [-0.4, -0.2) is 22.7 Å². The van der Waals surface area contributed by atoms with Crippen molar-refractivity contribution >= 4 is 11.8 Å². The zero-order chi connectivity index (χ0) is 5.82. The molecule has 0 aromatic rings. The van der Waals surface area contributed by atoms with Crippen molar-refractivity contribution in [2.24, 2.45) is 0 Å². The lowest BCUT2D eigenvalue weighted by Gasteiger charge is -2.01. The first-order chi connectivity index (χ1) is 3.89. The molecular formula is C6H12OS. The van der Waals surface area contributed by atoms with Gasteiger partial charge in [0, 0.05) is 0 Å². The Morgan fingerprint density at radius 3 is 3.00 bits per heavy atom. The molecule has 2 heteroatoms. The van der Waals surface area contributed by atoms with E-state index in [-0.39, 0.29) is 6.10 Å². The average Bonchev–Trinajstić information content (AvgIpc) is 1.94. The van der Waals surface area contributed by atoms with E-state index in [4.69, 9.17) is 5.11 Å². The fourth-order valence-corrected chi connectivity index (χ4v) is 1.90. The van der Waals surface area contributed by atoms with Gasteiger partial charge in [-0.1, -0.05) is 0 Å². The molecule has 1 N–H and O–H groups in total. The first-order valence-corrected chi connectivity index (χ1v) is 4.31. The third-order valence-corrected chi connectivity index (χ3v) is 2.52. The van der Waals surface area contributed by atoms with E-state index in [1.807, 2.05) is 11.8 Å². The minimum absolute atomic E-state index is 0.00463. The van der Waals surface area contributed by atoms with E-state index in [1.165, 1.54) is 12.2 Å². The normalized spacial score (nSPS) is 31.9. The number of hydrogen-bond acceptors (Lipinski definition) is 2. The van der Waals surface area contributed by atoms with Crippen LogP contribution in [0.4, 0.5) is 0 Å². The molecule has 1 fully saturated rings. The molecule has 0 bridgehead atoms. The molecule has 0 spiro atoms. The van der Waals surface area contributed by atoms with Crippen molar-refractivity contribution in [1.82, 2.24) is 0 Å². The topological polar surface area (TPSA) is 20.2 Å². The van der Waals surface area contributed by atoms with Crippen LogP contribution in [0, 0.1) is 0 Å². The second-order valence-electron chi connectivity index (χ2n) is 2.20. The van der Waals surface area contributed by atoms with Crippen LogP contribution in [0.3, 0.4) is 0 Å². The Morgan fingerprint density at radius 2 is 2.12 bits per heavy atom. The zero-order valence-corrected chi connectivity index (χ0v) is 5.78. The molecule has 1 aliphatic rings. The Bertz CT molecular complexity index is 57.5. The lowest BCUT2D eigenvalue weighted by Crippen LogP contribution is -2.04. The molecule has 1 aliphatic heterocycles. The number of rotatable bonds is 0. The van der Waals surface area contributed by atoms with Gasteiger partial charge in [0.25, 0.3) is 0 Å². The third kappa shape index (κ3) is 2.05. The summed E-state index contributed by atoms with van der Waals surface area (Å²) < 4.78 is 0. The minimum Gasteiger partial charge on any atom is -0.393 e. The van der Waals surface area contributed by atoms with E-state index >= 15 is 0 Å². The van der Waals surface area contributed by atoms with Crippen LogP contribution in [0.1, 0.15) is 19.3 Å². The molecule has 0 amide bonds. The summed E-state index contributed by atoms with van der Waals surface area (Å²) >= 11 is 1.96. The lowest BCUT2D eigenvalue weighted by molar-refractivity contribution is 0.162. The van der Waals surface area contributed by atoms with Gasteiger partial charge in [0.2, 0.25) is 0 Å². The molecule has 1 atom stereocenters. The fraction of sp³-hybridized carbons (Fsp3) is 1.00. The maximum Gasteiger partial charge on any atom is 0.0548 e. The molecule has 0 aromatic carbocycles. The van der Waals surface area contributed by atoms with Gasteiger partial charge in [-0.2, -0.15) is 11.8 Å². The van der Waals surface area contributed by atoms with Gasteiger partial charge in [-0.3, -0.25) is 0 Å². The quantitative estimate of drug-likeness (QED) is 0.535. The predicted molar refractivity (Wildman–Crippen MR) is 37.2 cm³/mol. The molecule has 1 unspecified atom stereocenters. The van der Waals surface area contributed by atoms with Crippen LogP contribution >= 0.6 is 11.8 Å². The highest BCUT2D eigenvalue weighted by Gasteiger charge is 2.06. The summed E-state index contributed by atoms with van der Waals surface area (Å²) in [7, 11) is 0. The SMILES string of the molecule is OC1CCCSCC1. The van der Waals surface area contributed by atoms with Gasteiger partial charge in [0.05, 0.1) is 6.10 Å². The van der Waals surface area contributed by atoms with Gasteiger partial charge in [0.1, 0.15) is 0 Å². The molecular weight excluding hydrogens is 120 g/mol. The molecule has 1 heterocycles. The Balaban J connectivity index is 2.17. The highest BCUT2D eigenvalue weighted by molar-refractivity contribution is 7.99. The first kappa shape index (κ1) is 6.43. The summed E-state index contributed by atoms with van der Waals surface area (Å²) in [6, 6.07) is 0. The average molecular weight is 132 g/mol. The van der Waals surface area contributed by atoms with Crippen LogP contribution in [0.15, 0.2) is 0 Å². The molecule has 0 aromatic heterocycles. The number of aliphatic hydroxyl groups is 1. The van der Waals surface area contributed by atoms with Gasteiger partial charge >= 0.3 is 0 Å². The molecule has 0 aliphatic carbocycles. The van der Waals surface area contributed by atoms with Crippen LogP contribution in [0.5, 0.6) is 0 Å². The third-order valence-electron chi connectivity index (χ3n) is 1.42. The van der Waals surface area contributed by atoms with Crippen molar-refractivity contribution in [3.05, 3.63) is 0 Å². The summed E-state index contributed by atoms with van der Waals surface area (Å²) in [6.07, 6.45) is 3.23. The highest BCUT2D eigenvalue weighted by Crippen LogP contribution is 2.15. The predicted octanol–water partition coefficient (Wildman–Crippen LogP) is 1.26. The molecule has 0 radical (unpaired) electrons. The van der Waals surface area contributed by atoms with Crippen molar-refractivity contribution in [2.75, 3.05) is 11.5 Å². The Hall–Kier alpha value is 0.310. The Kier molecular flexibility index (Phi) is 2.70. The minimum atomic E-state index is 0.00463. The maximum absolute atomic E-state index is 9.08. The zero-order valence-electron chi connectivity index (χ0n) is 4.97. The van der Waals surface area contributed by atoms with Gasteiger partial charge in [-0.15, -0.1) is 0 Å². The number of aliphatic hydroxyl groups excluding tert-OH is 1. The van der Waals surface area contributed by atoms with Gasteiger partial charge in [-0.05, 0) is 30.8 Å². The van der Waals surface area contributed by atoms with E-state index in [0.29, 0.717) is 0 Å². The molecule has 1 rings (SSSR count). The summed E-state index contributed by atoms with van der Waals surface area (Å²) in [5.74, 6) is 2.40. The Labute approximate surface area is 54.5 Å². The van der Waals surface area contributed by atoms with Crippen molar-refractivity contribution in [3.63, 3.8) is 0 Å². The van der Waals surface area contributed by atoms with E-state index in [0.717, 1.165) is 18.6 Å². The molecule has 8 heavy (non-hydrogen) atoms. The first-order valence-electron chi connectivity index (χ1n) is 3.15. The summed E-state index contributed by atoms with van der Waals surface area (Å²) in [4.78, 5) is 0. The smallest absolute Gasteiger partial charge is 0.0548 e. The summed E-state index contributed by atoms with van der Waals surface area (Å²) in [6.45, 7) is 0. The molecule has 1 nitrogen and oxygen atoms in total. The molecule has 48 valence electrons. The van der Waals surface area contributed by atoms with Gasteiger partial charge < -0.3 is 5.11 Å². The van der Waals surface area contributed by atoms with E-state index in [1.54, 1.807) is 0 Å². The standard InChI is InChI=1S/C6H12OS/c7-6-2-1-4-8-5-3-6/h6-7H,1-5H2. The van der Waals surface area contributed by atoms with Crippen molar-refractivity contribution < 1.29 is 5.11 Å².